The maximum atomic E-state index is 6.04. The Morgan fingerprint density at radius 2 is 1.97 bits per heavy atom. The van der Waals surface area contributed by atoms with E-state index in [1.165, 1.54) is 5.56 Å². The summed E-state index contributed by atoms with van der Waals surface area (Å²) < 4.78 is 13.3. The summed E-state index contributed by atoms with van der Waals surface area (Å²) in [7, 11) is 0. The largest absolute Gasteiger partial charge is 0.365 e. The molecule has 2 aromatic heterocycles. The molecule has 4 aromatic rings. The van der Waals surface area contributed by atoms with Crippen molar-refractivity contribution < 1.29 is 9.26 Å². The van der Waals surface area contributed by atoms with Crippen molar-refractivity contribution in [3.05, 3.63) is 81.8 Å². The summed E-state index contributed by atoms with van der Waals surface area (Å²) >= 11 is 5.97. The van der Waals surface area contributed by atoms with E-state index in [0.29, 0.717) is 42.0 Å². The third-order valence-electron chi connectivity index (χ3n) is 5.12. The first-order valence-electron chi connectivity index (χ1n) is 9.34. The lowest BCUT2D eigenvalue weighted by molar-refractivity contribution is -0.00111. The second kappa shape index (κ2) is 7.42. The van der Waals surface area contributed by atoms with Gasteiger partial charge >= 0.3 is 0 Å². The number of aryl methyl sites for hydroxylation is 1. The maximum Gasteiger partial charge on any atom is 0.231 e. The molecule has 0 unspecified atom stereocenters. The Labute approximate surface area is 172 Å². The molecule has 0 saturated heterocycles. The summed E-state index contributed by atoms with van der Waals surface area (Å²) in [6, 6.07) is 15.8. The Balaban J connectivity index is 1.36. The highest BCUT2D eigenvalue weighted by molar-refractivity contribution is 6.30. The molecule has 1 aliphatic rings. The number of hydrogen-bond acceptors (Lipinski definition) is 6. The quantitative estimate of drug-likeness (QED) is 0.505. The van der Waals surface area contributed by atoms with Gasteiger partial charge in [-0.3, -0.25) is 0 Å². The van der Waals surface area contributed by atoms with Crippen LogP contribution in [0.2, 0.25) is 5.02 Å². The summed E-state index contributed by atoms with van der Waals surface area (Å²) in [6.45, 7) is 3.01. The van der Waals surface area contributed by atoms with Crippen LogP contribution < -0.4 is 0 Å². The van der Waals surface area contributed by atoms with Crippen LogP contribution in [-0.4, -0.2) is 25.1 Å². The predicted molar refractivity (Wildman–Crippen MR) is 106 cm³/mol. The maximum absolute atomic E-state index is 6.04. The molecule has 0 spiro atoms. The fraction of sp³-hybridized carbons (Fsp3) is 0.238. The molecule has 1 atom stereocenters. The summed E-state index contributed by atoms with van der Waals surface area (Å²) in [5.74, 6) is 0.982. The Morgan fingerprint density at radius 3 is 2.79 bits per heavy atom. The third-order valence-corrected chi connectivity index (χ3v) is 5.37. The molecule has 5 rings (SSSR count). The lowest BCUT2D eigenvalue weighted by Gasteiger charge is -2.24. The van der Waals surface area contributed by atoms with Crippen molar-refractivity contribution in [2.45, 2.75) is 32.6 Å². The monoisotopic (exact) mass is 407 g/mol. The van der Waals surface area contributed by atoms with Crippen LogP contribution in [0, 0.1) is 6.92 Å². The van der Waals surface area contributed by atoms with E-state index >= 15 is 0 Å². The molecule has 1 aliphatic heterocycles. The molecule has 146 valence electrons. The number of nitrogens with zero attached hydrogens (tertiary/aromatic N) is 5. The van der Waals surface area contributed by atoms with Gasteiger partial charge in [-0.2, -0.15) is 4.98 Å². The van der Waals surface area contributed by atoms with Crippen molar-refractivity contribution >= 4 is 11.6 Å². The fourth-order valence-corrected chi connectivity index (χ4v) is 3.58. The van der Waals surface area contributed by atoms with Crippen LogP contribution in [0.5, 0.6) is 0 Å². The molecule has 0 radical (unpaired) electrons. The van der Waals surface area contributed by atoms with E-state index in [-0.39, 0.29) is 6.10 Å². The van der Waals surface area contributed by atoms with Gasteiger partial charge in [-0.15, -0.1) is 5.10 Å². The Hall–Kier alpha value is -3.03. The van der Waals surface area contributed by atoms with Gasteiger partial charge in [0.15, 0.2) is 5.69 Å². The third kappa shape index (κ3) is 3.54. The first-order valence-corrected chi connectivity index (χ1v) is 9.72. The zero-order valence-corrected chi connectivity index (χ0v) is 16.5. The van der Waals surface area contributed by atoms with Crippen molar-refractivity contribution in [1.82, 2.24) is 25.1 Å². The first-order chi connectivity index (χ1) is 14.2. The summed E-state index contributed by atoms with van der Waals surface area (Å²) in [5, 5.41) is 13.4. The fourth-order valence-electron chi connectivity index (χ4n) is 3.46. The van der Waals surface area contributed by atoms with Gasteiger partial charge in [0.1, 0.15) is 6.10 Å². The molecule has 0 amide bonds. The normalized spacial score (nSPS) is 16.0. The Kier molecular flexibility index (Phi) is 4.61. The Morgan fingerprint density at radius 1 is 1.14 bits per heavy atom. The smallest absolute Gasteiger partial charge is 0.231 e. The molecular weight excluding hydrogens is 390 g/mol. The van der Waals surface area contributed by atoms with E-state index in [1.807, 2.05) is 41.1 Å². The lowest BCUT2D eigenvalue weighted by atomic mass is 10.1. The number of hydrogen-bond donors (Lipinski definition) is 0. The molecule has 3 heterocycles. The van der Waals surface area contributed by atoms with Crippen molar-refractivity contribution in [2.24, 2.45) is 0 Å². The van der Waals surface area contributed by atoms with Crippen molar-refractivity contribution in [2.75, 3.05) is 0 Å². The highest BCUT2D eigenvalue weighted by Crippen LogP contribution is 2.30. The first kappa shape index (κ1) is 18.0. The SMILES string of the molecule is Cc1ccccc1Cc1nc(-c2nnn3c2CO[C@@H](c2ccc(Cl)cc2)C3)no1. The molecule has 29 heavy (non-hydrogen) atoms. The van der Waals surface area contributed by atoms with Crippen LogP contribution in [0.3, 0.4) is 0 Å². The second-order valence-electron chi connectivity index (χ2n) is 7.03. The van der Waals surface area contributed by atoms with E-state index < -0.39 is 0 Å². The van der Waals surface area contributed by atoms with Gasteiger partial charge in [-0.05, 0) is 35.7 Å². The Bertz CT molecular complexity index is 1150. The van der Waals surface area contributed by atoms with Gasteiger partial charge in [0.25, 0.3) is 0 Å². The number of ether oxygens (including phenoxy) is 1. The number of aromatic nitrogens is 5. The average molecular weight is 408 g/mol. The molecule has 0 saturated carbocycles. The van der Waals surface area contributed by atoms with Gasteiger partial charge in [0, 0.05) is 5.02 Å². The van der Waals surface area contributed by atoms with E-state index in [4.69, 9.17) is 20.9 Å². The lowest BCUT2D eigenvalue weighted by Crippen LogP contribution is -2.22. The highest BCUT2D eigenvalue weighted by Gasteiger charge is 2.27. The van der Waals surface area contributed by atoms with Gasteiger partial charge in [-0.1, -0.05) is 58.4 Å². The number of benzene rings is 2. The number of rotatable bonds is 4. The van der Waals surface area contributed by atoms with Crippen LogP contribution in [-0.2, 0) is 24.3 Å². The van der Waals surface area contributed by atoms with Crippen molar-refractivity contribution in [3.8, 4) is 11.5 Å². The van der Waals surface area contributed by atoms with E-state index in [0.717, 1.165) is 16.8 Å². The predicted octanol–water partition coefficient (Wildman–Crippen LogP) is 4.15. The van der Waals surface area contributed by atoms with Crippen LogP contribution in [0.1, 0.15) is 34.4 Å². The molecular formula is C21H18ClN5O2. The molecule has 7 nitrogen and oxygen atoms in total. The molecule has 0 aliphatic carbocycles. The van der Waals surface area contributed by atoms with E-state index in [2.05, 4.69) is 39.5 Å². The summed E-state index contributed by atoms with van der Waals surface area (Å²) in [5.41, 5.74) is 4.84. The van der Waals surface area contributed by atoms with E-state index in [9.17, 15) is 0 Å². The van der Waals surface area contributed by atoms with Gasteiger partial charge < -0.3 is 9.26 Å². The van der Waals surface area contributed by atoms with E-state index in [1.54, 1.807) is 0 Å². The zero-order chi connectivity index (χ0) is 19.8. The van der Waals surface area contributed by atoms with Crippen LogP contribution in [0.25, 0.3) is 11.5 Å². The molecule has 0 bridgehead atoms. The minimum absolute atomic E-state index is 0.101. The highest BCUT2D eigenvalue weighted by atomic mass is 35.5. The summed E-state index contributed by atoms with van der Waals surface area (Å²) in [4.78, 5) is 4.52. The van der Waals surface area contributed by atoms with Crippen LogP contribution >= 0.6 is 11.6 Å². The van der Waals surface area contributed by atoms with Gasteiger partial charge in [-0.25, -0.2) is 4.68 Å². The number of fused-ring (bicyclic) bond motifs is 1. The van der Waals surface area contributed by atoms with Crippen molar-refractivity contribution in [1.29, 1.82) is 0 Å². The minimum Gasteiger partial charge on any atom is -0.365 e. The summed E-state index contributed by atoms with van der Waals surface area (Å²) in [6.07, 6.45) is 0.481. The molecule has 8 heteroatoms. The minimum atomic E-state index is -0.101. The molecule has 0 N–H and O–H groups in total. The second-order valence-corrected chi connectivity index (χ2v) is 7.47. The average Bonchev–Trinajstić information content (AvgIpc) is 3.36. The van der Waals surface area contributed by atoms with Crippen LogP contribution in [0.4, 0.5) is 0 Å². The van der Waals surface area contributed by atoms with Gasteiger partial charge in [0.2, 0.25) is 11.7 Å². The van der Waals surface area contributed by atoms with Crippen molar-refractivity contribution in [3.63, 3.8) is 0 Å². The topological polar surface area (TPSA) is 78.9 Å². The zero-order valence-electron chi connectivity index (χ0n) is 15.7. The van der Waals surface area contributed by atoms with Crippen LogP contribution in [0.15, 0.2) is 53.1 Å². The molecule has 0 fully saturated rings. The van der Waals surface area contributed by atoms with Gasteiger partial charge in [0.05, 0.1) is 25.3 Å². The molecule has 2 aromatic carbocycles. The standard InChI is InChI=1S/C21H18ClN5O2/c1-13-4-2-3-5-15(13)10-19-23-21(25-29-19)20-17-12-28-18(11-27(17)26-24-20)14-6-8-16(22)9-7-14/h2-9,18H,10-12H2,1H3/t18-/m1/s1. The number of halogens is 1.